The largest absolute Gasteiger partial charge is 0.512 e. The Balaban J connectivity index is 1.91. The van der Waals surface area contributed by atoms with Crippen LogP contribution < -0.4 is 0 Å². The molecule has 0 aliphatic heterocycles. The predicted octanol–water partition coefficient (Wildman–Crippen LogP) is 4.50. The summed E-state index contributed by atoms with van der Waals surface area (Å²) in [6.07, 6.45) is 1.72. The van der Waals surface area contributed by atoms with E-state index in [1.807, 2.05) is 20.8 Å². The van der Waals surface area contributed by atoms with E-state index < -0.39 is 21.2 Å². The fraction of sp³-hybridized carbons (Fsp3) is 0.240. The van der Waals surface area contributed by atoms with Crippen LogP contribution in [0.1, 0.15) is 48.2 Å². The number of hydrogen-bond acceptors (Lipinski definition) is 5. The number of Topliss-reactive ketones (excluding diaryl/α,β-unsaturated/α-hetero) is 2. The number of aliphatic hydroxyl groups excluding tert-OH is 1. The highest BCUT2D eigenvalue weighted by Gasteiger charge is 2.38. The third-order valence-corrected chi connectivity index (χ3v) is 6.94. The zero-order chi connectivity index (χ0) is 23.3. The summed E-state index contributed by atoms with van der Waals surface area (Å²) in [7, 11) is -4.07. The molecule has 32 heavy (non-hydrogen) atoms. The van der Waals surface area contributed by atoms with Crippen molar-refractivity contribution in [3.8, 4) is 0 Å². The van der Waals surface area contributed by atoms with Crippen LogP contribution in [0.3, 0.4) is 0 Å². The van der Waals surface area contributed by atoms with Crippen molar-refractivity contribution in [1.29, 1.82) is 0 Å². The molecule has 6 nitrogen and oxygen atoms in total. The highest BCUT2D eigenvalue weighted by atomic mass is 32.2. The number of fused-ring (bicyclic) bond motifs is 1. The lowest BCUT2D eigenvalue weighted by Gasteiger charge is -2.31. The van der Waals surface area contributed by atoms with E-state index in [-0.39, 0.29) is 51.7 Å². The van der Waals surface area contributed by atoms with Crippen LogP contribution in [0.2, 0.25) is 0 Å². The minimum absolute atomic E-state index is 0.0255. The number of carbonyl (C=O) groups excluding carboxylic acids is 2. The molecule has 0 saturated carbocycles. The van der Waals surface area contributed by atoms with E-state index in [1.165, 1.54) is 18.2 Å². The maximum atomic E-state index is 13.2. The Morgan fingerprint density at radius 2 is 1.56 bits per heavy atom. The van der Waals surface area contributed by atoms with Gasteiger partial charge < -0.3 is 5.11 Å². The number of hydrogen-bond donors (Lipinski definition) is 1. The summed E-state index contributed by atoms with van der Waals surface area (Å²) in [4.78, 5) is 26.1. The van der Waals surface area contributed by atoms with E-state index in [0.717, 1.165) is 5.56 Å². The molecule has 2 aliphatic carbocycles. The summed E-state index contributed by atoms with van der Waals surface area (Å²) in [5.41, 5.74) is 1.06. The Hall–Kier alpha value is -3.32. The standard InChI is InChI=1S/C25H23NO5S/c1-15-8-10-16(11-9-15)32(30,31)26-20-12-19(24(29)18-7-5-4-6-17(18)20)23-21(27)13-25(2,3)14-22(23)28/h4-12,27H,13-14H2,1-3H3/b26-20+. The first-order chi connectivity index (χ1) is 15.0. The Labute approximate surface area is 187 Å². The summed E-state index contributed by atoms with van der Waals surface area (Å²) >= 11 is 0. The van der Waals surface area contributed by atoms with E-state index in [2.05, 4.69) is 4.40 Å². The van der Waals surface area contributed by atoms with Crippen molar-refractivity contribution in [1.82, 2.24) is 0 Å². The van der Waals surface area contributed by atoms with Gasteiger partial charge in [0.05, 0.1) is 16.2 Å². The van der Waals surface area contributed by atoms with E-state index in [1.54, 1.807) is 36.4 Å². The molecular weight excluding hydrogens is 426 g/mol. The second-order valence-electron chi connectivity index (χ2n) is 8.96. The molecule has 2 aliphatic rings. The third kappa shape index (κ3) is 3.96. The first-order valence-electron chi connectivity index (χ1n) is 10.2. The molecule has 0 amide bonds. The number of ketones is 2. The molecule has 1 N–H and O–H groups in total. The molecular formula is C25H23NO5S. The maximum absolute atomic E-state index is 13.2. The monoisotopic (exact) mass is 449 g/mol. The summed E-state index contributed by atoms with van der Waals surface area (Å²) in [5, 5.41) is 10.6. The van der Waals surface area contributed by atoms with Crippen molar-refractivity contribution in [2.24, 2.45) is 9.81 Å². The van der Waals surface area contributed by atoms with Crippen LogP contribution in [0.5, 0.6) is 0 Å². The molecule has 0 radical (unpaired) electrons. The molecule has 0 bridgehead atoms. The van der Waals surface area contributed by atoms with Crippen molar-refractivity contribution in [2.75, 3.05) is 0 Å². The van der Waals surface area contributed by atoms with E-state index in [9.17, 15) is 23.1 Å². The predicted molar refractivity (Wildman–Crippen MR) is 121 cm³/mol. The Morgan fingerprint density at radius 3 is 2.19 bits per heavy atom. The topological polar surface area (TPSA) is 101 Å². The zero-order valence-electron chi connectivity index (χ0n) is 18.0. The van der Waals surface area contributed by atoms with E-state index in [4.69, 9.17) is 0 Å². The third-order valence-electron chi connectivity index (χ3n) is 5.63. The molecule has 0 unspecified atom stereocenters. The van der Waals surface area contributed by atoms with Crippen LogP contribution in [0, 0.1) is 12.3 Å². The highest BCUT2D eigenvalue weighted by Crippen LogP contribution is 2.40. The molecule has 7 heteroatoms. The SMILES string of the molecule is Cc1ccc(S(=O)(=O)/N=C2\C=C(C3=C(O)CC(C)(C)CC3=O)C(=O)c3ccccc32)cc1. The number of aliphatic hydroxyl groups is 1. The first kappa shape index (κ1) is 21.9. The molecule has 164 valence electrons. The zero-order valence-corrected chi connectivity index (χ0v) is 18.9. The Bertz CT molecular complexity index is 1340. The molecule has 2 aromatic carbocycles. The van der Waals surface area contributed by atoms with Crippen LogP contribution >= 0.6 is 0 Å². The lowest BCUT2D eigenvalue weighted by Crippen LogP contribution is -2.30. The number of benzene rings is 2. The fourth-order valence-corrected chi connectivity index (χ4v) is 5.07. The summed E-state index contributed by atoms with van der Waals surface area (Å²) < 4.78 is 30.0. The number of carbonyl (C=O) groups is 2. The molecule has 0 heterocycles. The van der Waals surface area contributed by atoms with Gasteiger partial charge in [-0.2, -0.15) is 12.8 Å². The van der Waals surface area contributed by atoms with Crippen molar-refractivity contribution < 1.29 is 23.1 Å². The van der Waals surface area contributed by atoms with Crippen LogP contribution in [0.25, 0.3) is 0 Å². The second kappa shape index (κ2) is 7.67. The van der Waals surface area contributed by atoms with Gasteiger partial charge in [-0.25, -0.2) is 0 Å². The van der Waals surface area contributed by atoms with Gasteiger partial charge in [0.1, 0.15) is 5.76 Å². The molecule has 0 aromatic heterocycles. The maximum Gasteiger partial charge on any atom is 0.282 e. The number of aryl methyl sites for hydroxylation is 1. The van der Waals surface area contributed by atoms with Gasteiger partial charge in [-0.05, 0) is 30.5 Å². The van der Waals surface area contributed by atoms with Crippen molar-refractivity contribution >= 4 is 27.3 Å². The van der Waals surface area contributed by atoms with Crippen LogP contribution in [-0.4, -0.2) is 30.8 Å². The molecule has 0 fully saturated rings. The number of allylic oxidation sites excluding steroid dienone is 4. The van der Waals surface area contributed by atoms with Crippen LogP contribution in [-0.2, 0) is 14.8 Å². The van der Waals surface area contributed by atoms with Gasteiger partial charge in [-0.3, -0.25) is 9.59 Å². The van der Waals surface area contributed by atoms with E-state index >= 15 is 0 Å². The summed E-state index contributed by atoms with van der Waals surface area (Å²) in [6, 6.07) is 12.8. The van der Waals surface area contributed by atoms with Gasteiger partial charge >= 0.3 is 0 Å². The highest BCUT2D eigenvalue weighted by molar-refractivity contribution is 7.90. The molecule has 0 atom stereocenters. The van der Waals surface area contributed by atoms with Gasteiger partial charge in [-0.15, -0.1) is 0 Å². The number of sulfonamides is 1. The fourth-order valence-electron chi connectivity index (χ4n) is 4.08. The van der Waals surface area contributed by atoms with Gasteiger partial charge in [0.15, 0.2) is 11.6 Å². The molecule has 0 saturated heterocycles. The van der Waals surface area contributed by atoms with Crippen molar-refractivity contribution in [3.05, 3.63) is 88.2 Å². The van der Waals surface area contributed by atoms with Crippen molar-refractivity contribution in [3.63, 3.8) is 0 Å². The lowest BCUT2D eigenvalue weighted by atomic mass is 9.73. The molecule has 0 spiro atoms. The van der Waals surface area contributed by atoms with Gasteiger partial charge in [-0.1, -0.05) is 55.8 Å². The minimum atomic E-state index is -4.07. The Kier molecular flexibility index (Phi) is 5.25. The minimum Gasteiger partial charge on any atom is -0.512 e. The average molecular weight is 450 g/mol. The average Bonchev–Trinajstić information content (AvgIpc) is 2.70. The number of rotatable bonds is 3. The lowest BCUT2D eigenvalue weighted by molar-refractivity contribution is -0.118. The van der Waals surface area contributed by atoms with Gasteiger partial charge in [0.25, 0.3) is 10.0 Å². The molecule has 4 rings (SSSR count). The van der Waals surface area contributed by atoms with Gasteiger partial charge in [0, 0.05) is 29.5 Å². The summed E-state index contributed by atoms with van der Waals surface area (Å²) in [5.74, 6) is -0.952. The summed E-state index contributed by atoms with van der Waals surface area (Å²) in [6.45, 7) is 5.58. The quantitative estimate of drug-likeness (QED) is 0.744. The second-order valence-corrected chi connectivity index (χ2v) is 10.6. The number of nitrogens with zero attached hydrogens (tertiary/aromatic N) is 1. The van der Waals surface area contributed by atoms with Crippen LogP contribution in [0.4, 0.5) is 0 Å². The first-order valence-corrected chi connectivity index (χ1v) is 11.7. The molecule has 2 aromatic rings. The van der Waals surface area contributed by atoms with Gasteiger partial charge in [0.2, 0.25) is 0 Å². The van der Waals surface area contributed by atoms with Crippen molar-refractivity contribution in [2.45, 2.75) is 38.5 Å². The Morgan fingerprint density at radius 1 is 0.938 bits per heavy atom. The smallest absolute Gasteiger partial charge is 0.282 e. The normalized spacial score (nSPS) is 19.7. The van der Waals surface area contributed by atoms with E-state index in [0.29, 0.717) is 5.56 Å². The van der Waals surface area contributed by atoms with Crippen LogP contribution in [0.15, 0.2) is 80.8 Å².